The van der Waals surface area contributed by atoms with Gasteiger partial charge in [-0.3, -0.25) is 19.0 Å². The summed E-state index contributed by atoms with van der Waals surface area (Å²) >= 11 is 0. The summed E-state index contributed by atoms with van der Waals surface area (Å²) in [4.78, 5) is 38.6. The minimum Gasteiger partial charge on any atom is -0.373 e. The Kier molecular flexibility index (Phi) is 7.71. The van der Waals surface area contributed by atoms with Crippen LogP contribution in [-0.2, 0) is 4.79 Å². The van der Waals surface area contributed by atoms with Gasteiger partial charge in [0, 0.05) is 43.3 Å². The molecule has 4 aromatic rings. The largest absolute Gasteiger partial charge is 0.373 e. The van der Waals surface area contributed by atoms with Crippen LogP contribution in [0.4, 0.5) is 5.82 Å². The number of amides is 1. The summed E-state index contributed by atoms with van der Waals surface area (Å²) in [6.07, 6.45) is 7.99. The zero-order valence-electron chi connectivity index (χ0n) is 20.6. The molecule has 1 N–H and O–H groups in total. The molecule has 0 saturated carbocycles. The summed E-state index contributed by atoms with van der Waals surface area (Å²) in [7, 11) is 1.85. The number of likely N-dealkylation sites (tertiary alicyclic amines) is 1. The van der Waals surface area contributed by atoms with Gasteiger partial charge in [0.1, 0.15) is 17.9 Å². The molecule has 8 nitrogen and oxygen atoms in total. The molecular formula is C28H28N6O2. The monoisotopic (exact) mass is 480 g/mol. The molecule has 1 atom stereocenters. The van der Waals surface area contributed by atoms with E-state index in [1.54, 1.807) is 36.4 Å². The van der Waals surface area contributed by atoms with Gasteiger partial charge in [-0.15, -0.1) is 0 Å². The van der Waals surface area contributed by atoms with E-state index in [-0.39, 0.29) is 11.9 Å². The third kappa shape index (κ3) is 5.10. The standard InChI is InChI=1S/C22H20N4O2.C6H8N2/c1-3-5-19(28)25-12-4-6-18(25)22-24-20(17-9-7-16(14-27)8-10-17)21-15(2)23-11-13-26(21)22;1-7-6-4-2-3-5-8-6/h7-11,13-14,18H,4,6,12H2,1-2H3;2-5H,1H3,(H,7,8)/t18-;/m0./s1. The lowest BCUT2D eigenvalue weighted by molar-refractivity contribution is -0.126. The summed E-state index contributed by atoms with van der Waals surface area (Å²) in [5.41, 5.74) is 4.11. The summed E-state index contributed by atoms with van der Waals surface area (Å²) in [6, 6.07) is 13.0. The van der Waals surface area contributed by atoms with Crippen molar-refractivity contribution in [1.82, 2.24) is 24.3 Å². The van der Waals surface area contributed by atoms with Gasteiger partial charge in [0.2, 0.25) is 0 Å². The minimum atomic E-state index is -0.163. The van der Waals surface area contributed by atoms with Crippen LogP contribution in [0.3, 0.4) is 0 Å². The number of carbonyl (C=O) groups excluding carboxylic acids is 2. The molecule has 1 amide bonds. The second-order valence-corrected chi connectivity index (χ2v) is 8.29. The fraction of sp³-hybridized carbons (Fsp3) is 0.250. The maximum atomic E-state index is 12.4. The van der Waals surface area contributed by atoms with E-state index >= 15 is 0 Å². The molecule has 0 bridgehead atoms. The molecule has 4 heterocycles. The molecule has 1 aliphatic rings. The minimum absolute atomic E-state index is 0.120. The highest BCUT2D eigenvalue weighted by molar-refractivity contribution is 5.94. The van der Waals surface area contributed by atoms with Crippen LogP contribution >= 0.6 is 0 Å². The smallest absolute Gasteiger partial charge is 0.299 e. The molecule has 182 valence electrons. The van der Waals surface area contributed by atoms with E-state index < -0.39 is 0 Å². The molecular weight excluding hydrogens is 452 g/mol. The Balaban J connectivity index is 0.000000325. The predicted octanol–water partition coefficient (Wildman–Crippen LogP) is 4.33. The zero-order valence-corrected chi connectivity index (χ0v) is 20.6. The molecule has 5 rings (SSSR count). The fourth-order valence-corrected chi connectivity index (χ4v) is 4.34. The molecule has 1 fully saturated rings. The normalized spacial score (nSPS) is 14.4. The van der Waals surface area contributed by atoms with Crippen molar-refractivity contribution in [2.45, 2.75) is 32.7 Å². The average Bonchev–Trinajstić information content (AvgIpc) is 3.56. The molecule has 8 heteroatoms. The van der Waals surface area contributed by atoms with E-state index in [0.29, 0.717) is 12.1 Å². The van der Waals surface area contributed by atoms with Gasteiger partial charge in [-0.1, -0.05) is 36.3 Å². The number of aromatic nitrogens is 4. The lowest BCUT2D eigenvalue weighted by atomic mass is 10.1. The van der Waals surface area contributed by atoms with E-state index in [1.807, 2.05) is 54.9 Å². The highest BCUT2D eigenvalue weighted by atomic mass is 16.2. The van der Waals surface area contributed by atoms with Gasteiger partial charge in [0.05, 0.1) is 22.9 Å². The van der Waals surface area contributed by atoms with Crippen molar-refractivity contribution in [2.24, 2.45) is 0 Å². The number of carbonyl (C=O) groups is 2. The third-order valence-corrected chi connectivity index (χ3v) is 6.05. The Morgan fingerprint density at radius 1 is 1.14 bits per heavy atom. The van der Waals surface area contributed by atoms with Crippen molar-refractivity contribution >= 4 is 23.5 Å². The van der Waals surface area contributed by atoms with Crippen molar-refractivity contribution in [3.63, 3.8) is 0 Å². The van der Waals surface area contributed by atoms with Gasteiger partial charge in [-0.25, -0.2) is 9.97 Å². The molecule has 0 aliphatic carbocycles. The van der Waals surface area contributed by atoms with E-state index in [1.165, 1.54) is 0 Å². The number of aryl methyl sites for hydroxylation is 1. The van der Waals surface area contributed by atoms with Crippen LogP contribution in [0.2, 0.25) is 0 Å². The van der Waals surface area contributed by atoms with Gasteiger partial charge < -0.3 is 10.2 Å². The van der Waals surface area contributed by atoms with Crippen molar-refractivity contribution in [2.75, 3.05) is 18.9 Å². The van der Waals surface area contributed by atoms with Gasteiger partial charge >= 0.3 is 0 Å². The van der Waals surface area contributed by atoms with E-state index in [4.69, 9.17) is 4.98 Å². The molecule has 36 heavy (non-hydrogen) atoms. The van der Waals surface area contributed by atoms with Crippen LogP contribution in [-0.4, -0.2) is 50.0 Å². The average molecular weight is 481 g/mol. The number of nitrogens with zero attached hydrogens (tertiary/aromatic N) is 5. The molecule has 0 unspecified atom stereocenters. The molecule has 1 aromatic carbocycles. The Hall–Kier alpha value is -4.51. The van der Waals surface area contributed by atoms with Crippen molar-refractivity contribution < 1.29 is 9.59 Å². The Labute approximate surface area is 210 Å². The Bertz CT molecular complexity index is 1420. The lowest BCUT2D eigenvalue weighted by Gasteiger charge is -2.21. The number of hydrogen-bond donors (Lipinski definition) is 1. The third-order valence-electron chi connectivity index (χ3n) is 6.05. The molecule has 3 aromatic heterocycles. The first-order chi connectivity index (χ1) is 17.6. The highest BCUT2D eigenvalue weighted by Crippen LogP contribution is 2.35. The van der Waals surface area contributed by atoms with Crippen LogP contribution in [0.15, 0.2) is 61.1 Å². The first-order valence-corrected chi connectivity index (χ1v) is 11.8. The molecule has 0 radical (unpaired) electrons. The summed E-state index contributed by atoms with van der Waals surface area (Å²) in [5.74, 6) is 6.92. The van der Waals surface area contributed by atoms with Crippen LogP contribution in [0, 0.1) is 18.8 Å². The zero-order chi connectivity index (χ0) is 25.5. The number of rotatable bonds is 4. The topological polar surface area (TPSA) is 92.5 Å². The van der Waals surface area contributed by atoms with Crippen molar-refractivity contribution in [3.05, 3.63) is 78.1 Å². The predicted molar refractivity (Wildman–Crippen MR) is 139 cm³/mol. The maximum absolute atomic E-state index is 12.4. The first kappa shape index (κ1) is 24.6. The van der Waals surface area contributed by atoms with Crippen LogP contribution in [0.5, 0.6) is 0 Å². The van der Waals surface area contributed by atoms with E-state index in [2.05, 4.69) is 27.1 Å². The van der Waals surface area contributed by atoms with Crippen LogP contribution < -0.4 is 5.32 Å². The number of hydrogen-bond acceptors (Lipinski definition) is 6. The number of benzene rings is 1. The van der Waals surface area contributed by atoms with Crippen LogP contribution in [0.25, 0.3) is 16.8 Å². The number of nitrogens with one attached hydrogen (secondary N) is 1. The van der Waals surface area contributed by atoms with Gasteiger partial charge in [-0.2, -0.15) is 0 Å². The first-order valence-electron chi connectivity index (χ1n) is 11.8. The van der Waals surface area contributed by atoms with Gasteiger partial charge in [0.25, 0.3) is 5.91 Å². The quantitative estimate of drug-likeness (QED) is 0.345. The second-order valence-electron chi connectivity index (χ2n) is 8.29. The molecule has 0 spiro atoms. The van der Waals surface area contributed by atoms with Gasteiger partial charge in [-0.05, 0) is 44.7 Å². The molecule has 1 saturated heterocycles. The Morgan fingerprint density at radius 3 is 2.58 bits per heavy atom. The summed E-state index contributed by atoms with van der Waals surface area (Å²) in [5, 5.41) is 2.92. The van der Waals surface area contributed by atoms with Crippen molar-refractivity contribution in [3.8, 4) is 23.1 Å². The highest BCUT2D eigenvalue weighted by Gasteiger charge is 2.33. The number of fused-ring (bicyclic) bond motifs is 1. The van der Waals surface area contributed by atoms with E-state index in [0.717, 1.165) is 53.2 Å². The molecule has 1 aliphatic heterocycles. The Morgan fingerprint density at radius 2 is 1.94 bits per heavy atom. The maximum Gasteiger partial charge on any atom is 0.299 e. The van der Waals surface area contributed by atoms with E-state index in [9.17, 15) is 9.59 Å². The fourth-order valence-electron chi connectivity index (χ4n) is 4.34. The number of anilines is 1. The lowest BCUT2D eigenvalue weighted by Crippen LogP contribution is -2.30. The SMILES string of the molecule is CC#CC(=O)N1CCC[C@H]1c1nc(-c2ccc(C=O)cc2)c2c(C)nccn12.CNc1ccccn1. The second kappa shape index (κ2) is 11.3. The van der Waals surface area contributed by atoms with Crippen LogP contribution in [0.1, 0.15) is 47.7 Å². The summed E-state index contributed by atoms with van der Waals surface area (Å²) in [6.45, 7) is 4.30. The number of pyridine rings is 1. The number of imidazole rings is 1. The number of aldehydes is 1. The van der Waals surface area contributed by atoms with Gasteiger partial charge in [0.15, 0.2) is 0 Å². The van der Waals surface area contributed by atoms with Crippen molar-refractivity contribution in [1.29, 1.82) is 0 Å². The summed E-state index contributed by atoms with van der Waals surface area (Å²) < 4.78 is 2.03.